The molecular weight excluding hydrogens is 268 g/mol. The van der Waals surface area contributed by atoms with E-state index in [9.17, 15) is 9.59 Å². The van der Waals surface area contributed by atoms with Crippen LogP contribution in [0.25, 0.3) is 0 Å². The molecule has 0 aliphatic rings. The van der Waals surface area contributed by atoms with Crippen molar-refractivity contribution in [1.29, 1.82) is 0 Å². The quantitative estimate of drug-likeness (QED) is 0.465. The van der Waals surface area contributed by atoms with E-state index in [4.69, 9.17) is 4.74 Å². The van der Waals surface area contributed by atoms with Crippen LogP contribution in [0, 0.1) is 0 Å². The van der Waals surface area contributed by atoms with E-state index in [1.165, 1.54) is 7.11 Å². The minimum Gasteiger partial charge on any atom is -0.488 e. The maximum absolute atomic E-state index is 12.1. The molecule has 0 bridgehead atoms. The van der Waals surface area contributed by atoms with Crippen LogP contribution in [0.4, 0.5) is 0 Å². The van der Waals surface area contributed by atoms with Crippen LogP contribution in [0.3, 0.4) is 0 Å². The molecule has 0 aliphatic carbocycles. The minimum atomic E-state index is -0.558. The lowest BCUT2D eigenvalue weighted by molar-refractivity contribution is -0.139. The number of methoxy groups -OCH3 is 1. The second-order valence-corrected chi connectivity index (χ2v) is 4.45. The highest BCUT2D eigenvalue weighted by Gasteiger charge is 2.16. The Morgan fingerprint density at radius 1 is 0.952 bits per heavy atom. The normalized spacial score (nSPS) is 9.95. The summed E-state index contributed by atoms with van der Waals surface area (Å²) in [4.78, 5) is 23.3. The molecular formula is C17H16O4. The molecule has 0 saturated carbocycles. The molecule has 0 amide bonds. The Kier molecular flexibility index (Phi) is 5.10. The van der Waals surface area contributed by atoms with Gasteiger partial charge in [-0.05, 0) is 17.7 Å². The van der Waals surface area contributed by atoms with Crippen molar-refractivity contribution in [2.75, 3.05) is 7.11 Å². The number of ketones is 1. The van der Waals surface area contributed by atoms with Gasteiger partial charge in [0.25, 0.3) is 0 Å². The minimum absolute atomic E-state index is 0.289. The Morgan fingerprint density at radius 2 is 1.62 bits per heavy atom. The molecule has 0 radical (unpaired) electrons. The van der Waals surface area contributed by atoms with E-state index >= 15 is 0 Å². The maximum Gasteiger partial charge on any atom is 0.313 e. The van der Waals surface area contributed by atoms with Crippen molar-refractivity contribution in [2.45, 2.75) is 13.0 Å². The Bertz CT molecular complexity index is 620. The van der Waals surface area contributed by atoms with Crippen molar-refractivity contribution in [2.24, 2.45) is 0 Å². The molecule has 2 aromatic carbocycles. The van der Waals surface area contributed by atoms with Crippen molar-refractivity contribution in [3.63, 3.8) is 0 Å². The number of Topliss-reactive ketones (excluding diaryl/α,β-unsaturated/α-hetero) is 1. The fraction of sp³-hybridized carbons (Fsp3) is 0.176. The van der Waals surface area contributed by atoms with Crippen molar-refractivity contribution < 1.29 is 19.1 Å². The molecule has 0 fully saturated rings. The van der Waals surface area contributed by atoms with Crippen molar-refractivity contribution >= 4 is 11.8 Å². The predicted octanol–water partition coefficient (Wildman–Crippen LogP) is 3.01. The lowest BCUT2D eigenvalue weighted by atomic mass is 10.1. The lowest BCUT2D eigenvalue weighted by Gasteiger charge is -2.10. The topological polar surface area (TPSA) is 52.6 Å². The van der Waals surface area contributed by atoms with E-state index in [1.807, 2.05) is 30.3 Å². The zero-order valence-electron chi connectivity index (χ0n) is 11.7. The summed E-state index contributed by atoms with van der Waals surface area (Å²) in [5.41, 5.74) is 1.39. The van der Waals surface area contributed by atoms with Crippen molar-refractivity contribution in [3.05, 3.63) is 65.7 Å². The number of ether oxygens (including phenoxy) is 2. The number of esters is 1. The average Bonchev–Trinajstić information content (AvgIpc) is 2.54. The number of hydrogen-bond donors (Lipinski definition) is 0. The summed E-state index contributed by atoms with van der Waals surface area (Å²) in [7, 11) is 1.26. The third kappa shape index (κ3) is 4.18. The van der Waals surface area contributed by atoms with Gasteiger partial charge < -0.3 is 9.47 Å². The molecule has 0 heterocycles. The molecule has 0 aliphatic heterocycles. The summed E-state index contributed by atoms with van der Waals surface area (Å²) in [6.45, 7) is 0.364. The van der Waals surface area contributed by atoms with Gasteiger partial charge in [0.2, 0.25) is 0 Å². The molecule has 21 heavy (non-hydrogen) atoms. The first-order valence-electron chi connectivity index (χ1n) is 6.56. The molecule has 108 valence electrons. The van der Waals surface area contributed by atoms with Gasteiger partial charge in [-0.25, -0.2) is 0 Å². The van der Waals surface area contributed by atoms with Gasteiger partial charge in [0.1, 0.15) is 18.8 Å². The SMILES string of the molecule is COC(=O)CC(=O)c1ccccc1OCc1ccccc1. The number of carbonyl (C=O) groups excluding carboxylic acids is 2. The van der Waals surface area contributed by atoms with Crippen LogP contribution >= 0.6 is 0 Å². The predicted molar refractivity (Wildman–Crippen MR) is 78.2 cm³/mol. The monoisotopic (exact) mass is 284 g/mol. The Balaban J connectivity index is 2.09. The molecule has 2 rings (SSSR count). The van der Waals surface area contributed by atoms with Crippen LogP contribution in [0.5, 0.6) is 5.75 Å². The van der Waals surface area contributed by atoms with Gasteiger partial charge in [0.15, 0.2) is 5.78 Å². The first-order valence-corrected chi connectivity index (χ1v) is 6.56. The molecule has 0 spiro atoms. The number of benzene rings is 2. The summed E-state index contributed by atoms with van der Waals surface area (Å²) in [6, 6.07) is 16.5. The van der Waals surface area contributed by atoms with E-state index in [2.05, 4.69) is 4.74 Å². The highest BCUT2D eigenvalue weighted by Crippen LogP contribution is 2.21. The first kappa shape index (κ1) is 14.8. The third-order valence-corrected chi connectivity index (χ3v) is 2.96. The fourth-order valence-electron chi connectivity index (χ4n) is 1.86. The summed E-state index contributed by atoms with van der Waals surface area (Å²) < 4.78 is 10.2. The molecule has 2 aromatic rings. The highest BCUT2D eigenvalue weighted by molar-refractivity contribution is 6.07. The van der Waals surface area contributed by atoms with Crippen LogP contribution in [-0.4, -0.2) is 18.9 Å². The van der Waals surface area contributed by atoms with E-state index in [0.717, 1.165) is 5.56 Å². The molecule has 0 N–H and O–H groups in total. The lowest BCUT2D eigenvalue weighted by Crippen LogP contribution is -2.11. The van der Waals surface area contributed by atoms with E-state index in [-0.39, 0.29) is 12.2 Å². The van der Waals surface area contributed by atoms with Gasteiger partial charge in [-0.3, -0.25) is 9.59 Å². The number of rotatable bonds is 6. The standard InChI is InChI=1S/C17H16O4/c1-20-17(19)11-15(18)14-9-5-6-10-16(14)21-12-13-7-3-2-4-8-13/h2-10H,11-12H2,1H3. The number of para-hydroxylation sites is 1. The maximum atomic E-state index is 12.1. The van der Waals surface area contributed by atoms with Crippen LogP contribution in [0.1, 0.15) is 22.3 Å². The molecule has 4 heteroatoms. The molecule has 0 atom stereocenters. The summed E-state index contributed by atoms with van der Waals surface area (Å²) in [5.74, 6) is -0.404. The van der Waals surface area contributed by atoms with Gasteiger partial charge in [-0.15, -0.1) is 0 Å². The number of carbonyl (C=O) groups is 2. The van der Waals surface area contributed by atoms with Gasteiger partial charge in [-0.1, -0.05) is 42.5 Å². The average molecular weight is 284 g/mol. The Morgan fingerprint density at radius 3 is 2.33 bits per heavy atom. The van der Waals surface area contributed by atoms with Crippen LogP contribution in [-0.2, 0) is 16.1 Å². The van der Waals surface area contributed by atoms with E-state index in [0.29, 0.717) is 17.9 Å². The zero-order valence-corrected chi connectivity index (χ0v) is 11.7. The first-order chi connectivity index (χ1) is 10.2. The van der Waals surface area contributed by atoms with Crippen molar-refractivity contribution in [1.82, 2.24) is 0 Å². The number of hydrogen-bond acceptors (Lipinski definition) is 4. The largest absolute Gasteiger partial charge is 0.488 e. The third-order valence-electron chi connectivity index (χ3n) is 2.96. The van der Waals surface area contributed by atoms with Gasteiger partial charge >= 0.3 is 5.97 Å². The summed E-state index contributed by atoms with van der Waals surface area (Å²) in [6.07, 6.45) is -0.289. The van der Waals surface area contributed by atoms with Gasteiger partial charge in [0, 0.05) is 0 Å². The smallest absolute Gasteiger partial charge is 0.313 e. The van der Waals surface area contributed by atoms with Gasteiger partial charge in [0.05, 0.1) is 12.7 Å². The van der Waals surface area contributed by atoms with E-state index in [1.54, 1.807) is 24.3 Å². The summed E-state index contributed by atoms with van der Waals surface area (Å²) >= 11 is 0. The second-order valence-electron chi connectivity index (χ2n) is 4.45. The second kappa shape index (κ2) is 7.24. The summed E-state index contributed by atoms with van der Waals surface area (Å²) in [5, 5.41) is 0. The van der Waals surface area contributed by atoms with Gasteiger partial charge in [-0.2, -0.15) is 0 Å². The van der Waals surface area contributed by atoms with Crippen LogP contribution in [0.15, 0.2) is 54.6 Å². The Labute approximate surface area is 123 Å². The van der Waals surface area contributed by atoms with E-state index < -0.39 is 5.97 Å². The molecule has 0 saturated heterocycles. The molecule has 4 nitrogen and oxygen atoms in total. The Hall–Kier alpha value is -2.62. The van der Waals surface area contributed by atoms with Crippen LogP contribution in [0.2, 0.25) is 0 Å². The molecule has 0 unspecified atom stereocenters. The molecule has 0 aromatic heterocycles. The van der Waals surface area contributed by atoms with Crippen molar-refractivity contribution in [3.8, 4) is 5.75 Å². The zero-order chi connectivity index (χ0) is 15.1. The fourth-order valence-corrected chi connectivity index (χ4v) is 1.86. The van der Waals surface area contributed by atoms with Crippen LogP contribution < -0.4 is 4.74 Å². The highest BCUT2D eigenvalue weighted by atomic mass is 16.5.